The minimum absolute atomic E-state index is 0.255. The molecule has 0 nitrogen and oxygen atoms in total. The van der Waals surface area contributed by atoms with Crippen molar-refractivity contribution in [3.63, 3.8) is 0 Å². The lowest BCUT2D eigenvalue weighted by Gasteiger charge is -2.26. The lowest BCUT2D eigenvalue weighted by molar-refractivity contribution is 0.292. The van der Waals surface area contributed by atoms with Crippen molar-refractivity contribution in [1.29, 1.82) is 0 Å². The van der Waals surface area contributed by atoms with Gasteiger partial charge in [-0.25, -0.2) is 0 Å². The van der Waals surface area contributed by atoms with Gasteiger partial charge in [-0.3, -0.25) is 0 Å². The van der Waals surface area contributed by atoms with Crippen LogP contribution < -0.4 is 0 Å². The van der Waals surface area contributed by atoms with Crippen LogP contribution in [0.15, 0.2) is 0 Å². The molecule has 0 aromatic carbocycles. The molecular formula is C8H15Cl3. The Hall–Kier alpha value is 0.870. The van der Waals surface area contributed by atoms with Crippen LogP contribution in [-0.2, 0) is 0 Å². The van der Waals surface area contributed by atoms with Gasteiger partial charge in [-0.15, -0.1) is 34.8 Å². The summed E-state index contributed by atoms with van der Waals surface area (Å²) in [5.41, 5.74) is 0.255. The normalized spacial score (nSPS) is 12.0. The standard InChI is InChI=1S/C8H15Cl3/c1-8(2-5-9,3-6-10)4-7-11/h2-7H2,1H3. The van der Waals surface area contributed by atoms with Crippen molar-refractivity contribution in [2.24, 2.45) is 5.41 Å². The average molecular weight is 218 g/mol. The quantitative estimate of drug-likeness (QED) is 0.593. The zero-order chi connectivity index (χ0) is 8.74. The van der Waals surface area contributed by atoms with E-state index >= 15 is 0 Å². The maximum absolute atomic E-state index is 5.67. The van der Waals surface area contributed by atoms with E-state index in [-0.39, 0.29) is 5.41 Å². The number of hydrogen-bond donors (Lipinski definition) is 0. The summed E-state index contributed by atoms with van der Waals surface area (Å²) in [6, 6.07) is 0. The third kappa shape index (κ3) is 5.16. The first-order valence-electron chi connectivity index (χ1n) is 3.86. The Morgan fingerprint density at radius 1 is 0.818 bits per heavy atom. The van der Waals surface area contributed by atoms with Crippen molar-refractivity contribution in [2.45, 2.75) is 26.2 Å². The molecule has 0 saturated heterocycles. The molecule has 0 fully saturated rings. The predicted octanol–water partition coefficient (Wildman–Crippen LogP) is 3.88. The third-order valence-corrected chi connectivity index (χ3v) is 2.66. The fourth-order valence-electron chi connectivity index (χ4n) is 1.06. The summed E-state index contributed by atoms with van der Waals surface area (Å²) in [6.45, 7) is 2.19. The predicted molar refractivity (Wildman–Crippen MR) is 54.1 cm³/mol. The maximum atomic E-state index is 5.67. The van der Waals surface area contributed by atoms with Crippen LogP contribution >= 0.6 is 34.8 Å². The number of rotatable bonds is 6. The van der Waals surface area contributed by atoms with Crippen LogP contribution in [0.1, 0.15) is 26.2 Å². The Kier molecular flexibility index (Phi) is 6.90. The molecular weight excluding hydrogens is 202 g/mol. The van der Waals surface area contributed by atoms with Crippen molar-refractivity contribution >= 4 is 34.8 Å². The van der Waals surface area contributed by atoms with Gasteiger partial charge in [-0.2, -0.15) is 0 Å². The second-order valence-corrected chi connectivity index (χ2v) is 4.26. The fourth-order valence-corrected chi connectivity index (χ4v) is 2.43. The van der Waals surface area contributed by atoms with Crippen LogP contribution in [0, 0.1) is 5.41 Å². The SMILES string of the molecule is CC(CCCl)(CCCl)CCCl. The minimum Gasteiger partial charge on any atom is -0.127 e. The first kappa shape index (κ1) is 11.9. The molecule has 0 aromatic rings. The number of halogens is 3. The summed E-state index contributed by atoms with van der Waals surface area (Å²) in [5, 5.41) is 0. The van der Waals surface area contributed by atoms with Gasteiger partial charge < -0.3 is 0 Å². The zero-order valence-electron chi connectivity index (χ0n) is 6.88. The molecule has 3 heteroatoms. The van der Waals surface area contributed by atoms with Crippen LogP contribution in [0.3, 0.4) is 0 Å². The average Bonchev–Trinajstić information content (AvgIpc) is 1.88. The molecule has 0 spiro atoms. The van der Waals surface area contributed by atoms with E-state index in [1.54, 1.807) is 0 Å². The van der Waals surface area contributed by atoms with Gasteiger partial charge in [-0.05, 0) is 24.7 Å². The summed E-state index contributed by atoms with van der Waals surface area (Å²) >= 11 is 17.0. The van der Waals surface area contributed by atoms with E-state index in [1.165, 1.54) is 0 Å². The van der Waals surface area contributed by atoms with Crippen molar-refractivity contribution in [3.05, 3.63) is 0 Å². The second kappa shape index (κ2) is 6.39. The Morgan fingerprint density at radius 3 is 1.27 bits per heavy atom. The van der Waals surface area contributed by atoms with E-state index in [0.717, 1.165) is 19.3 Å². The summed E-state index contributed by atoms with van der Waals surface area (Å²) in [4.78, 5) is 0. The van der Waals surface area contributed by atoms with Crippen LogP contribution in [-0.4, -0.2) is 17.6 Å². The molecule has 0 aliphatic carbocycles. The first-order valence-corrected chi connectivity index (χ1v) is 5.47. The summed E-state index contributed by atoms with van der Waals surface area (Å²) in [7, 11) is 0. The van der Waals surface area contributed by atoms with Gasteiger partial charge in [0.1, 0.15) is 0 Å². The molecule has 68 valence electrons. The molecule has 0 unspecified atom stereocenters. The highest BCUT2D eigenvalue weighted by Gasteiger charge is 2.21. The lowest BCUT2D eigenvalue weighted by Crippen LogP contribution is -2.18. The van der Waals surface area contributed by atoms with E-state index < -0.39 is 0 Å². The molecule has 0 aromatic heterocycles. The van der Waals surface area contributed by atoms with Gasteiger partial charge in [0.05, 0.1) is 0 Å². The van der Waals surface area contributed by atoms with Crippen LogP contribution in [0.25, 0.3) is 0 Å². The van der Waals surface area contributed by atoms with Crippen LogP contribution in [0.5, 0.6) is 0 Å². The highest BCUT2D eigenvalue weighted by Crippen LogP contribution is 2.31. The number of hydrogen-bond acceptors (Lipinski definition) is 0. The van der Waals surface area contributed by atoms with Crippen molar-refractivity contribution in [3.8, 4) is 0 Å². The van der Waals surface area contributed by atoms with Crippen LogP contribution in [0.2, 0.25) is 0 Å². The Balaban J connectivity index is 3.79. The Morgan fingerprint density at radius 2 is 1.09 bits per heavy atom. The summed E-state index contributed by atoms with van der Waals surface area (Å²) < 4.78 is 0. The molecule has 0 aliphatic heterocycles. The fraction of sp³-hybridized carbons (Fsp3) is 1.00. The highest BCUT2D eigenvalue weighted by molar-refractivity contribution is 6.18. The molecule has 0 aliphatic rings. The topological polar surface area (TPSA) is 0 Å². The molecule has 0 N–H and O–H groups in total. The Bertz CT molecular complexity index is 76.3. The highest BCUT2D eigenvalue weighted by atomic mass is 35.5. The van der Waals surface area contributed by atoms with E-state index in [2.05, 4.69) is 6.92 Å². The minimum atomic E-state index is 0.255. The monoisotopic (exact) mass is 216 g/mol. The van der Waals surface area contributed by atoms with Gasteiger partial charge in [0, 0.05) is 17.6 Å². The molecule has 0 bridgehead atoms. The first-order chi connectivity index (χ1) is 5.18. The van der Waals surface area contributed by atoms with Gasteiger partial charge in [0.15, 0.2) is 0 Å². The van der Waals surface area contributed by atoms with Crippen LogP contribution in [0.4, 0.5) is 0 Å². The van der Waals surface area contributed by atoms with Gasteiger partial charge in [0.2, 0.25) is 0 Å². The Labute approximate surface area is 84.2 Å². The molecule has 0 atom stereocenters. The van der Waals surface area contributed by atoms with Gasteiger partial charge in [-0.1, -0.05) is 6.92 Å². The maximum Gasteiger partial charge on any atom is 0.0228 e. The van der Waals surface area contributed by atoms with E-state index in [4.69, 9.17) is 34.8 Å². The van der Waals surface area contributed by atoms with Crippen molar-refractivity contribution in [2.75, 3.05) is 17.6 Å². The molecule has 11 heavy (non-hydrogen) atoms. The van der Waals surface area contributed by atoms with Crippen molar-refractivity contribution in [1.82, 2.24) is 0 Å². The molecule has 0 rings (SSSR count). The van der Waals surface area contributed by atoms with E-state index in [0.29, 0.717) is 17.6 Å². The summed E-state index contributed by atoms with van der Waals surface area (Å²) in [5.74, 6) is 2.10. The molecule has 0 amide bonds. The van der Waals surface area contributed by atoms with Crippen molar-refractivity contribution < 1.29 is 0 Å². The zero-order valence-corrected chi connectivity index (χ0v) is 9.14. The molecule has 0 radical (unpaired) electrons. The lowest BCUT2D eigenvalue weighted by atomic mass is 9.82. The van der Waals surface area contributed by atoms with E-state index in [9.17, 15) is 0 Å². The third-order valence-electron chi connectivity index (χ3n) is 2.09. The molecule has 0 heterocycles. The molecule has 0 saturated carbocycles. The number of alkyl halides is 3. The van der Waals surface area contributed by atoms with E-state index in [1.807, 2.05) is 0 Å². The smallest absolute Gasteiger partial charge is 0.0228 e. The van der Waals surface area contributed by atoms with Gasteiger partial charge in [0.25, 0.3) is 0 Å². The second-order valence-electron chi connectivity index (χ2n) is 3.13. The van der Waals surface area contributed by atoms with Gasteiger partial charge >= 0.3 is 0 Å². The summed E-state index contributed by atoms with van der Waals surface area (Å²) in [6.07, 6.45) is 3.02. The largest absolute Gasteiger partial charge is 0.127 e.